The van der Waals surface area contributed by atoms with Crippen molar-refractivity contribution in [1.29, 1.82) is 0 Å². The molecule has 0 radical (unpaired) electrons. The van der Waals surface area contributed by atoms with Gasteiger partial charge in [0.15, 0.2) is 0 Å². The molecule has 1 N–H and O–H groups in total. The number of nitro benzene ring substituents is 1. The molecule has 1 amide bonds. The summed E-state index contributed by atoms with van der Waals surface area (Å²) in [6.07, 6.45) is 0. The zero-order chi connectivity index (χ0) is 20.1. The maximum Gasteiger partial charge on any atom is 0.270 e. The Kier molecular flexibility index (Phi) is 5.71. The largest absolute Gasteiger partial charge is 0.481 e. The van der Waals surface area contributed by atoms with E-state index >= 15 is 0 Å². The first-order valence-electron chi connectivity index (χ1n) is 8.00. The van der Waals surface area contributed by atoms with Gasteiger partial charge in [0, 0.05) is 30.0 Å². The van der Waals surface area contributed by atoms with E-state index in [1.807, 2.05) is 0 Å². The minimum absolute atomic E-state index is 0.0109. The number of hydrogen-bond donors (Lipinski definition) is 1. The number of ether oxygens (including phenoxy) is 2. The topological polar surface area (TPSA) is 104 Å². The van der Waals surface area contributed by atoms with Crippen LogP contribution in [0.1, 0.15) is 10.4 Å². The highest BCUT2D eigenvalue weighted by molar-refractivity contribution is 6.34. The van der Waals surface area contributed by atoms with Gasteiger partial charge in [-0.1, -0.05) is 17.7 Å². The van der Waals surface area contributed by atoms with Crippen LogP contribution >= 0.6 is 11.6 Å². The maximum atomic E-state index is 12.4. The summed E-state index contributed by atoms with van der Waals surface area (Å²) in [4.78, 5) is 26.8. The number of aromatic nitrogens is 1. The number of amides is 1. The third-order valence-electron chi connectivity index (χ3n) is 3.65. The standard InChI is InChI=1S/C19H14ClN3O5/c1-27-17-3-2-4-18(22-17)28-14-8-5-12(6-9-14)21-19(24)15-11-13(23(25)26)7-10-16(15)20/h2-11H,1H3,(H,21,24). The van der Waals surface area contributed by atoms with Crippen LogP contribution in [-0.4, -0.2) is 22.9 Å². The van der Waals surface area contributed by atoms with E-state index in [4.69, 9.17) is 21.1 Å². The van der Waals surface area contributed by atoms with Crippen molar-refractivity contribution >= 4 is 28.9 Å². The number of hydrogen-bond acceptors (Lipinski definition) is 6. The third-order valence-corrected chi connectivity index (χ3v) is 3.98. The smallest absolute Gasteiger partial charge is 0.270 e. The molecule has 0 fully saturated rings. The second-order valence-corrected chi connectivity index (χ2v) is 5.93. The van der Waals surface area contributed by atoms with E-state index in [9.17, 15) is 14.9 Å². The summed E-state index contributed by atoms with van der Waals surface area (Å²) in [7, 11) is 1.51. The molecule has 3 aromatic rings. The molecule has 3 rings (SSSR count). The normalized spacial score (nSPS) is 10.2. The molecule has 0 aliphatic carbocycles. The lowest BCUT2D eigenvalue weighted by molar-refractivity contribution is -0.384. The quantitative estimate of drug-likeness (QED) is 0.476. The molecule has 1 aromatic heterocycles. The number of rotatable bonds is 6. The molecule has 2 aromatic carbocycles. The molecule has 0 aliphatic rings. The van der Waals surface area contributed by atoms with Crippen molar-refractivity contribution < 1.29 is 19.2 Å². The Balaban J connectivity index is 1.71. The van der Waals surface area contributed by atoms with Gasteiger partial charge >= 0.3 is 0 Å². The van der Waals surface area contributed by atoms with Crippen molar-refractivity contribution in [3.05, 3.63) is 81.4 Å². The minimum atomic E-state index is -0.591. The molecule has 0 spiro atoms. The van der Waals surface area contributed by atoms with Crippen LogP contribution < -0.4 is 14.8 Å². The first kappa shape index (κ1) is 19.1. The second-order valence-electron chi connectivity index (χ2n) is 5.52. The molecule has 142 valence electrons. The first-order chi connectivity index (χ1) is 13.5. The van der Waals surface area contributed by atoms with Gasteiger partial charge in [-0.15, -0.1) is 0 Å². The van der Waals surface area contributed by atoms with Gasteiger partial charge in [0.05, 0.1) is 22.6 Å². The highest BCUT2D eigenvalue weighted by Crippen LogP contribution is 2.25. The summed E-state index contributed by atoms with van der Waals surface area (Å²) in [5.74, 6) is 0.735. The van der Waals surface area contributed by atoms with Gasteiger partial charge in [0.25, 0.3) is 11.6 Å². The Hall–Kier alpha value is -3.65. The van der Waals surface area contributed by atoms with Gasteiger partial charge in [-0.2, -0.15) is 4.98 Å². The molecular formula is C19H14ClN3O5. The summed E-state index contributed by atoms with van der Waals surface area (Å²) in [6.45, 7) is 0. The maximum absolute atomic E-state index is 12.4. The number of nitrogens with one attached hydrogen (secondary N) is 1. The number of methoxy groups -OCH3 is 1. The van der Waals surface area contributed by atoms with Crippen molar-refractivity contribution in [2.75, 3.05) is 12.4 Å². The molecule has 9 heteroatoms. The van der Waals surface area contributed by atoms with Crippen molar-refractivity contribution in [1.82, 2.24) is 4.98 Å². The van der Waals surface area contributed by atoms with E-state index in [1.165, 1.54) is 19.2 Å². The number of halogens is 1. The van der Waals surface area contributed by atoms with Crippen LogP contribution in [0.4, 0.5) is 11.4 Å². The lowest BCUT2D eigenvalue weighted by Gasteiger charge is -2.09. The predicted molar refractivity (Wildman–Crippen MR) is 103 cm³/mol. The molecule has 1 heterocycles. The molecule has 0 saturated heterocycles. The third kappa shape index (κ3) is 4.54. The summed E-state index contributed by atoms with van der Waals surface area (Å²) < 4.78 is 10.7. The number of anilines is 1. The molecule has 8 nitrogen and oxygen atoms in total. The van der Waals surface area contributed by atoms with E-state index in [2.05, 4.69) is 10.3 Å². The van der Waals surface area contributed by atoms with Gasteiger partial charge < -0.3 is 14.8 Å². The van der Waals surface area contributed by atoms with E-state index in [0.717, 1.165) is 6.07 Å². The lowest BCUT2D eigenvalue weighted by Crippen LogP contribution is -2.12. The van der Waals surface area contributed by atoms with E-state index < -0.39 is 10.8 Å². The zero-order valence-electron chi connectivity index (χ0n) is 14.6. The Bertz CT molecular complexity index is 1020. The fourth-order valence-electron chi connectivity index (χ4n) is 2.29. The van der Waals surface area contributed by atoms with Crippen molar-refractivity contribution in [2.45, 2.75) is 0 Å². The Morgan fingerprint density at radius 3 is 2.50 bits per heavy atom. The van der Waals surface area contributed by atoms with Gasteiger partial charge in [0.2, 0.25) is 11.8 Å². The van der Waals surface area contributed by atoms with Crippen molar-refractivity contribution in [2.24, 2.45) is 0 Å². The first-order valence-corrected chi connectivity index (χ1v) is 8.38. The molecule has 0 unspecified atom stereocenters. The van der Waals surface area contributed by atoms with Crippen LogP contribution in [0.25, 0.3) is 0 Å². The number of pyridine rings is 1. The number of nitrogens with zero attached hydrogens (tertiary/aromatic N) is 2. The molecule has 28 heavy (non-hydrogen) atoms. The zero-order valence-corrected chi connectivity index (χ0v) is 15.3. The summed E-state index contributed by atoms with van der Waals surface area (Å²) in [5.41, 5.74) is 0.263. The summed E-state index contributed by atoms with van der Waals surface area (Å²) >= 11 is 5.98. The monoisotopic (exact) mass is 399 g/mol. The number of nitro groups is 1. The SMILES string of the molecule is COc1cccc(Oc2ccc(NC(=O)c3cc([N+](=O)[O-])ccc3Cl)cc2)n1. The van der Waals surface area contributed by atoms with Crippen LogP contribution in [0.3, 0.4) is 0 Å². The van der Waals surface area contributed by atoms with Crippen molar-refractivity contribution in [3.8, 4) is 17.5 Å². The average molecular weight is 400 g/mol. The minimum Gasteiger partial charge on any atom is -0.481 e. The number of non-ortho nitro benzene ring substituents is 1. The van der Waals surface area contributed by atoms with Crippen molar-refractivity contribution in [3.63, 3.8) is 0 Å². The lowest BCUT2D eigenvalue weighted by atomic mass is 10.2. The number of carbonyl (C=O) groups is 1. The van der Waals surface area contributed by atoms with Crippen LogP contribution in [0, 0.1) is 10.1 Å². The van der Waals surface area contributed by atoms with Gasteiger partial charge in [-0.3, -0.25) is 14.9 Å². The highest BCUT2D eigenvalue weighted by atomic mass is 35.5. The number of carbonyl (C=O) groups excluding carboxylic acids is 1. The fraction of sp³-hybridized carbons (Fsp3) is 0.0526. The molecular weight excluding hydrogens is 386 g/mol. The Labute approximate surface area is 164 Å². The van der Waals surface area contributed by atoms with Crippen LogP contribution in [0.15, 0.2) is 60.7 Å². The van der Waals surface area contributed by atoms with E-state index in [0.29, 0.717) is 23.2 Å². The predicted octanol–water partition coefficient (Wildman–Crippen LogP) is 4.70. The average Bonchev–Trinajstić information content (AvgIpc) is 2.69. The van der Waals surface area contributed by atoms with Gasteiger partial charge in [-0.25, -0.2) is 0 Å². The van der Waals surface area contributed by atoms with E-state index in [-0.39, 0.29) is 16.3 Å². The summed E-state index contributed by atoms with van der Waals surface area (Å²) in [5, 5.41) is 13.6. The number of benzene rings is 2. The Morgan fingerprint density at radius 1 is 1.11 bits per heavy atom. The molecule has 0 atom stereocenters. The molecule has 0 saturated carbocycles. The molecule has 0 bridgehead atoms. The van der Waals surface area contributed by atoms with Crippen LogP contribution in [-0.2, 0) is 0 Å². The Morgan fingerprint density at radius 2 is 1.82 bits per heavy atom. The van der Waals surface area contributed by atoms with Gasteiger partial charge in [0.1, 0.15) is 5.75 Å². The van der Waals surface area contributed by atoms with Crippen LogP contribution in [0.2, 0.25) is 5.02 Å². The van der Waals surface area contributed by atoms with E-state index in [1.54, 1.807) is 42.5 Å². The van der Waals surface area contributed by atoms with Crippen LogP contribution in [0.5, 0.6) is 17.5 Å². The summed E-state index contributed by atoms with van der Waals surface area (Å²) in [6, 6.07) is 15.3. The highest BCUT2D eigenvalue weighted by Gasteiger charge is 2.16. The fourth-order valence-corrected chi connectivity index (χ4v) is 2.50. The second kappa shape index (κ2) is 8.36. The molecule has 0 aliphatic heterocycles. The van der Waals surface area contributed by atoms with Gasteiger partial charge in [-0.05, 0) is 30.3 Å².